The first-order chi connectivity index (χ1) is 14.1. The Hall–Kier alpha value is -3.21. The van der Waals surface area contributed by atoms with Crippen molar-refractivity contribution in [2.24, 2.45) is 5.73 Å². The van der Waals surface area contributed by atoms with Crippen LogP contribution in [-0.2, 0) is 11.2 Å². The average molecular weight is 387 g/mol. The molecule has 1 fully saturated rings. The van der Waals surface area contributed by atoms with Gasteiger partial charge in [-0.2, -0.15) is 0 Å². The lowest BCUT2D eigenvalue weighted by molar-refractivity contribution is -0.132. The minimum absolute atomic E-state index is 0.139. The van der Waals surface area contributed by atoms with E-state index in [0.717, 1.165) is 35.9 Å². The Bertz CT molecular complexity index is 1020. The first-order valence-electron chi connectivity index (χ1n) is 10.1. The van der Waals surface area contributed by atoms with Crippen molar-refractivity contribution in [3.8, 4) is 0 Å². The van der Waals surface area contributed by atoms with Gasteiger partial charge in [0.2, 0.25) is 5.91 Å². The second-order valence-electron chi connectivity index (χ2n) is 7.62. The highest BCUT2D eigenvalue weighted by atomic mass is 16.2. The van der Waals surface area contributed by atoms with Gasteiger partial charge >= 0.3 is 0 Å². The number of aryl methyl sites for hydroxylation is 1. The highest BCUT2D eigenvalue weighted by Crippen LogP contribution is 2.31. The molecule has 0 unspecified atom stereocenters. The van der Waals surface area contributed by atoms with Crippen LogP contribution in [0, 0.1) is 0 Å². The highest BCUT2D eigenvalue weighted by molar-refractivity contribution is 5.97. The van der Waals surface area contributed by atoms with Gasteiger partial charge in [-0.05, 0) is 37.0 Å². The zero-order valence-corrected chi connectivity index (χ0v) is 16.4. The number of amides is 2. The molecule has 1 aliphatic rings. The van der Waals surface area contributed by atoms with E-state index in [-0.39, 0.29) is 11.8 Å². The number of aromatic nitrogens is 1. The van der Waals surface area contributed by atoms with Gasteiger partial charge in [-0.3, -0.25) is 14.6 Å². The summed E-state index contributed by atoms with van der Waals surface area (Å²) in [5, 5.41) is 0.915. The second-order valence-corrected chi connectivity index (χ2v) is 7.62. The molecule has 4 rings (SSSR count). The maximum Gasteiger partial charge on any atom is 0.250 e. The van der Waals surface area contributed by atoms with Crippen molar-refractivity contribution in [2.45, 2.75) is 31.6 Å². The number of fused-ring (bicyclic) bond motifs is 1. The second kappa shape index (κ2) is 8.43. The summed E-state index contributed by atoms with van der Waals surface area (Å²) in [4.78, 5) is 31.3. The number of nitrogens with zero attached hydrogens (tertiary/aromatic N) is 2. The summed E-state index contributed by atoms with van der Waals surface area (Å²) in [5.74, 6) is -0.117. The minimum atomic E-state index is -0.445. The van der Waals surface area contributed by atoms with Crippen LogP contribution >= 0.6 is 0 Å². The topological polar surface area (TPSA) is 76.3 Å². The molecule has 5 nitrogen and oxygen atoms in total. The summed E-state index contributed by atoms with van der Waals surface area (Å²) in [6.45, 7) is 1.37. The SMILES string of the molecule is NC(=O)c1cc2ccccc2nc1C1CCN(C(=O)CCc2ccccc2)CC1. The number of rotatable bonds is 5. The Morgan fingerprint density at radius 2 is 1.69 bits per heavy atom. The van der Waals surface area contributed by atoms with Crippen LogP contribution in [0.25, 0.3) is 10.9 Å². The number of primary amides is 1. The van der Waals surface area contributed by atoms with Crippen LogP contribution in [0.15, 0.2) is 60.7 Å². The molecule has 0 radical (unpaired) electrons. The Balaban J connectivity index is 1.43. The molecule has 29 heavy (non-hydrogen) atoms. The lowest BCUT2D eigenvalue weighted by Crippen LogP contribution is -2.38. The van der Waals surface area contributed by atoms with Crippen LogP contribution in [-0.4, -0.2) is 34.8 Å². The van der Waals surface area contributed by atoms with Crippen LogP contribution in [0.2, 0.25) is 0 Å². The molecule has 2 N–H and O–H groups in total. The zero-order chi connectivity index (χ0) is 20.2. The van der Waals surface area contributed by atoms with Crippen molar-refractivity contribution in [1.82, 2.24) is 9.88 Å². The molecule has 0 saturated carbocycles. The van der Waals surface area contributed by atoms with E-state index in [9.17, 15) is 9.59 Å². The number of carbonyl (C=O) groups is 2. The predicted octanol–water partition coefficient (Wildman–Crippen LogP) is 3.67. The largest absolute Gasteiger partial charge is 0.366 e. The van der Waals surface area contributed by atoms with Gasteiger partial charge in [-0.15, -0.1) is 0 Å². The third-order valence-corrected chi connectivity index (χ3v) is 5.72. The third kappa shape index (κ3) is 4.29. The van der Waals surface area contributed by atoms with Crippen LogP contribution < -0.4 is 5.73 Å². The normalized spacial score (nSPS) is 14.8. The molecule has 0 bridgehead atoms. The van der Waals surface area contributed by atoms with Crippen molar-refractivity contribution in [2.75, 3.05) is 13.1 Å². The standard InChI is InChI=1S/C24H25N3O2/c25-24(29)20-16-19-8-4-5-9-21(19)26-23(20)18-12-14-27(15-13-18)22(28)11-10-17-6-2-1-3-7-17/h1-9,16,18H,10-15H2,(H2,25,29). The fourth-order valence-corrected chi connectivity index (χ4v) is 4.10. The molecule has 0 aliphatic carbocycles. The van der Waals surface area contributed by atoms with Gasteiger partial charge in [0.15, 0.2) is 0 Å². The Kier molecular flexibility index (Phi) is 5.56. The van der Waals surface area contributed by atoms with Crippen molar-refractivity contribution in [3.05, 3.63) is 77.5 Å². The van der Waals surface area contributed by atoms with E-state index in [1.54, 1.807) is 0 Å². The van der Waals surface area contributed by atoms with E-state index in [2.05, 4.69) is 12.1 Å². The summed E-state index contributed by atoms with van der Waals surface area (Å²) in [6.07, 6.45) is 2.87. The fourth-order valence-electron chi connectivity index (χ4n) is 4.10. The van der Waals surface area contributed by atoms with Gasteiger partial charge in [-0.25, -0.2) is 0 Å². The molecule has 2 aromatic carbocycles. The predicted molar refractivity (Wildman–Crippen MR) is 114 cm³/mol. The molecule has 3 aromatic rings. The van der Waals surface area contributed by atoms with Crippen molar-refractivity contribution < 1.29 is 9.59 Å². The number of likely N-dealkylation sites (tertiary alicyclic amines) is 1. The zero-order valence-electron chi connectivity index (χ0n) is 16.4. The first-order valence-corrected chi connectivity index (χ1v) is 10.1. The number of piperidine rings is 1. The van der Waals surface area contributed by atoms with Gasteiger partial charge in [0.1, 0.15) is 0 Å². The fraction of sp³-hybridized carbons (Fsp3) is 0.292. The molecule has 148 valence electrons. The van der Waals surface area contributed by atoms with Crippen molar-refractivity contribution >= 4 is 22.7 Å². The van der Waals surface area contributed by atoms with Gasteiger partial charge in [0, 0.05) is 30.8 Å². The number of hydrogen-bond acceptors (Lipinski definition) is 3. The minimum Gasteiger partial charge on any atom is -0.366 e. The van der Waals surface area contributed by atoms with Gasteiger partial charge in [-0.1, -0.05) is 48.5 Å². The van der Waals surface area contributed by atoms with E-state index >= 15 is 0 Å². The van der Waals surface area contributed by atoms with Crippen molar-refractivity contribution in [3.63, 3.8) is 0 Å². The number of nitrogens with two attached hydrogens (primary N) is 1. The summed E-state index contributed by atoms with van der Waals surface area (Å²) < 4.78 is 0. The molecular formula is C24H25N3O2. The number of benzene rings is 2. The van der Waals surface area contributed by atoms with E-state index in [4.69, 9.17) is 10.7 Å². The summed E-state index contributed by atoms with van der Waals surface area (Å²) in [6, 6.07) is 19.7. The number of para-hydroxylation sites is 1. The summed E-state index contributed by atoms with van der Waals surface area (Å²) in [7, 11) is 0. The molecule has 1 aliphatic heterocycles. The van der Waals surface area contributed by atoms with Crippen LogP contribution in [0.4, 0.5) is 0 Å². The van der Waals surface area contributed by atoms with E-state index in [0.29, 0.717) is 25.1 Å². The number of hydrogen-bond donors (Lipinski definition) is 1. The molecule has 5 heteroatoms. The maximum atomic E-state index is 12.6. The Labute approximate surface area is 170 Å². The lowest BCUT2D eigenvalue weighted by atomic mass is 9.89. The molecule has 0 spiro atoms. The van der Waals surface area contributed by atoms with Crippen LogP contribution in [0.1, 0.15) is 46.8 Å². The lowest BCUT2D eigenvalue weighted by Gasteiger charge is -2.32. The van der Waals surface area contributed by atoms with Gasteiger partial charge in [0.05, 0.1) is 16.8 Å². The van der Waals surface area contributed by atoms with E-state index < -0.39 is 5.91 Å². The van der Waals surface area contributed by atoms with E-state index in [1.165, 1.54) is 5.56 Å². The van der Waals surface area contributed by atoms with Crippen molar-refractivity contribution in [1.29, 1.82) is 0 Å². The van der Waals surface area contributed by atoms with Gasteiger partial charge in [0.25, 0.3) is 5.91 Å². The Morgan fingerprint density at radius 3 is 2.41 bits per heavy atom. The average Bonchev–Trinajstić information content (AvgIpc) is 2.77. The maximum absolute atomic E-state index is 12.6. The molecule has 1 aromatic heterocycles. The van der Waals surface area contributed by atoms with Gasteiger partial charge < -0.3 is 10.6 Å². The monoisotopic (exact) mass is 387 g/mol. The third-order valence-electron chi connectivity index (χ3n) is 5.72. The molecular weight excluding hydrogens is 362 g/mol. The number of carbonyl (C=O) groups excluding carboxylic acids is 2. The quantitative estimate of drug-likeness (QED) is 0.726. The summed E-state index contributed by atoms with van der Waals surface area (Å²) in [5.41, 5.74) is 8.96. The van der Waals surface area contributed by atoms with Crippen LogP contribution in [0.5, 0.6) is 0 Å². The molecule has 2 heterocycles. The first kappa shape index (κ1) is 19.1. The molecule has 0 atom stereocenters. The Morgan fingerprint density at radius 1 is 1.00 bits per heavy atom. The molecule has 1 saturated heterocycles. The highest BCUT2D eigenvalue weighted by Gasteiger charge is 2.27. The summed E-state index contributed by atoms with van der Waals surface area (Å²) >= 11 is 0. The van der Waals surface area contributed by atoms with E-state index in [1.807, 2.05) is 53.4 Å². The number of pyridine rings is 1. The smallest absolute Gasteiger partial charge is 0.250 e. The molecule has 2 amide bonds. The van der Waals surface area contributed by atoms with Crippen LogP contribution in [0.3, 0.4) is 0 Å².